The van der Waals surface area contributed by atoms with Crippen LogP contribution in [0.1, 0.15) is 27.3 Å². The molecule has 0 fully saturated rings. The van der Waals surface area contributed by atoms with Gasteiger partial charge in [-0.2, -0.15) is 0 Å². The number of nitro groups is 1. The number of anilines is 1. The van der Waals surface area contributed by atoms with Gasteiger partial charge in [-0.15, -0.1) is 10.2 Å². The molecule has 0 atom stereocenters. The van der Waals surface area contributed by atoms with Crippen LogP contribution < -0.4 is 10.6 Å². The van der Waals surface area contributed by atoms with Crippen LogP contribution in [0.5, 0.6) is 0 Å². The number of benzene rings is 3. The van der Waals surface area contributed by atoms with Crippen molar-refractivity contribution in [1.29, 1.82) is 0 Å². The van der Waals surface area contributed by atoms with Crippen molar-refractivity contribution < 1.29 is 14.5 Å². The predicted molar refractivity (Wildman–Crippen MR) is 149 cm³/mol. The molecule has 0 spiro atoms. The number of amides is 2. The molecule has 2 N–H and O–H groups in total. The molecular formula is C26H23BrN6O4S. The minimum absolute atomic E-state index is 0.0135. The van der Waals surface area contributed by atoms with E-state index in [0.717, 1.165) is 15.7 Å². The van der Waals surface area contributed by atoms with Gasteiger partial charge in [-0.25, -0.2) is 0 Å². The molecule has 2 amide bonds. The summed E-state index contributed by atoms with van der Waals surface area (Å²) in [6.07, 6.45) is 0. The standard InChI is InChI=1S/C26H23BrN6O4S/c1-16-4-3-5-20(12-16)29-24(34)15-38-26-31-30-23(32(26)21-10-8-19(27)9-11-21)14-28-25(35)18-7-6-17(2)22(13-18)33(36)37/h3-13H,14-15H2,1-2H3,(H,28,35)(H,29,34). The van der Waals surface area contributed by atoms with Crippen molar-refractivity contribution in [2.45, 2.75) is 25.5 Å². The van der Waals surface area contributed by atoms with Gasteiger partial charge < -0.3 is 10.6 Å². The lowest BCUT2D eigenvalue weighted by Gasteiger charge is -2.11. The zero-order valence-corrected chi connectivity index (χ0v) is 22.9. The van der Waals surface area contributed by atoms with Gasteiger partial charge in [0.25, 0.3) is 11.6 Å². The summed E-state index contributed by atoms with van der Waals surface area (Å²) in [6, 6.07) is 19.3. The molecule has 194 valence electrons. The summed E-state index contributed by atoms with van der Waals surface area (Å²) < 4.78 is 2.64. The third-order valence-electron chi connectivity index (χ3n) is 5.49. The van der Waals surface area contributed by atoms with Gasteiger partial charge in [-0.05, 0) is 61.9 Å². The number of rotatable bonds is 9. The van der Waals surface area contributed by atoms with E-state index in [-0.39, 0.29) is 29.5 Å². The Morgan fingerprint density at radius 3 is 2.53 bits per heavy atom. The molecule has 0 radical (unpaired) electrons. The Morgan fingerprint density at radius 1 is 1.05 bits per heavy atom. The summed E-state index contributed by atoms with van der Waals surface area (Å²) in [4.78, 5) is 36.1. The second-order valence-electron chi connectivity index (χ2n) is 8.36. The molecule has 0 saturated heterocycles. The first-order valence-corrected chi connectivity index (χ1v) is 13.2. The highest BCUT2D eigenvalue weighted by Crippen LogP contribution is 2.24. The van der Waals surface area contributed by atoms with E-state index in [1.165, 1.54) is 30.0 Å². The highest BCUT2D eigenvalue weighted by atomic mass is 79.9. The van der Waals surface area contributed by atoms with Gasteiger partial charge in [0.05, 0.1) is 17.2 Å². The van der Waals surface area contributed by atoms with Gasteiger partial charge in [0, 0.05) is 33.0 Å². The highest BCUT2D eigenvalue weighted by Gasteiger charge is 2.19. The first-order chi connectivity index (χ1) is 18.2. The fourth-order valence-electron chi connectivity index (χ4n) is 3.62. The maximum Gasteiger partial charge on any atom is 0.273 e. The molecule has 0 aliphatic carbocycles. The fraction of sp³-hybridized carbons (Fsp3) is 0.154. The third-order valence-corrected chi connectivity index (χ3v) is 6.95. The molecule has 0 aliphatic heterocycles. The molecule has 4 rings (SSSR count). The number of hydrogen-bond donors (Lipinski definition) is 2. The average Bonchev–Trinajstić information content (AvgIpc) is 3.29. The number of thioether (sulfide) groups is 1. The minimum Gasteiger partial charge on any atom is -0.345 e. The first kappa shape index (κ1) is 27.0. The molecule has 0 bridgehead atoms. The second kappa shape index (κ2) is 12.0. The Balaban J connectivity index is 1.51. The number of nitrogens with one attached hydrogen (secondary N) is 2. The summed E-state index contributed by atoms with van der Waals surface area (Å²) in [7, 11) is 0. The van der Waals surface area contributed by atoms with Gasteiger partial charge in [0.1, 0.15) is 0 Å². The van der Waals surface area contributed by atoms with Crippen molar-refractivity contribution >= 4 is 50.9 Å². The van der Waals surface area contributed by atoms with Crippen LogP contribution in [0.2, 0.25) is 0 Å². The predicted octanol–water partition coefficient (Wildman–Crippen LogP) is 5.22. The van der Waals surface area contributed by atoms with Crippen LogP contribution in [0, 0.1) is 24.0 Å². The molecule has 0 unspecified atom stereocenters. The Bertz CT molecular complexity index is 1510. The summed E-state index contributed by atoms with van der Waals surface area (Å²) in [5, 5.41) is 25.8. The number of hydrogen-bond acceptors (Lipinski definition) is 7. The highest BCUT2D eigenvalue weighted by molar-refractivity contribution is 9.10. The molecular weight excluding hydrogens is 572 g/mol. The minimum atomic E-state index is -0.519. The quantitative estimate of drug-likeness (QED) is 0.154. The van der Waals surface area contributed by atoms with Crippen LogP contribution in [-0.4, -0.2) is 37.3 Å². The maximum absolute atomic E-state index is 12.8. The van der Waals surface area contributed by atoms with Gasteiger partial charge in [-0.1, -0.05) is 45.9 Å². The van der Waals surface area contributed by atoms with Crippen molar-refractivity contribution in [1.82, 2.24) is 20.1 Å². The lowest BCUT2D eigenvalue weighted by molar-refractivity contribution is -0.385. The SMILES string of the molecule is Cc1cccc(NC(=O)CSc2nnc(CNC(=O)c3ccc(C)c([N+](=O)[O-])c3)n2-c2ccc(Br)cc2)c1. The normalized spacial score (nSPS) is 10.7. The molecule has 1 aromatic heterocycles. The monoisotopic (exact) mass is 594 g/mol. The van der Waals surface area contributed by atoms with Crippen LogP contribution in [0.15, 0.2) is 76.4 Å². The van der Waals surface area contributed by atoms with E-state index in [2.05, 4.69) is 36.8 Å². The van der Waals surface area contributed by atoms with E-state index in [9.17, 15) is 19.7 Å². The van der Waals surface area contributed by atoms with Crippen LogP contribution in [-0.2, 0) is 11.3 Å². The molecule has 0 saturated carbocycles. The van der Waals surface area contributed by atoms with E-state index in [1.54, 1.807) is 11.5 Å². The van der Waals surface area contributed by atoms with Gasteiger partial charge in [0.2, 0.25) is 5.91 Å². The topological polar surface area (TPSA) is 132 Å². The second-order valence-corrected chi connectivity index (χ2v) is 10.2. The van der Waals surface area contributed by atoms with E-state index < -0.39 is 10.8 Å². The van der Waals surface area contributed by atoms with Crippen molar-refractivity contribution in [2.24, 2.45) is 0 Å². The third kappa shape index (κ3) is 6.64. The first-order valence-electron chi connectivity index (χ1n) is 11.4. The van der Waals surface area contributed by atoms with Gasteiger partial charge in [-0.3, -0.25) is 24.3 Å². The van der Waals surface area contributed by atoms with Crippen molar-refractivity contribution in [3.8, 4) is 5.69 Å². The average molecular weight is 595 g/mol. The fourth-order valence-corrected chi connectivity index (χ4v) is 4.65. The smallest absolute Gasteiger partial charge is 0.273 e. The summed E-state index contributed by atoms with van der Waals surface area (Å²) in [6.45, 7) is 3.58. The molecule has 4 aromatic rings. The van der Waals surface area contributed by atoms with Crippen molar-refractivity contribution in [3.63, 3.8) is 0 Å². The van der Waals surface area contributed by atoms with E-state index in [0.29, 0.717) is 22.2 Å². The van der Waals surface area contributed by atoms with E-state index in [1.807, 2.05) is 55.5 Å². The van der Waals surface area contributed by atoms with Crippen LogP contribution >= 0.6 is 27.7 Å². The van der Waals surface area contributed by atoms with Crippen LogP contribution in [0.25, 0.3) is 5.69 Å². The molecule has 0 aliphatic rings. The number of halogens is 1. The van der Waals surface area contributed by atoms with Gasteiger partial charge >= 0.3 is 0 Å². The van der Waals surface area contributed by atoms with E-state index in [4.69, 9.17) is 0 Å². The lowest BCUT2D eigenvalue weighted by Crippen LogP contribution is -2.25. The van der Waals surface area contributed by atoms with Gasteiger partial charge in [0.15, 0.2) is 11.0 Å². The number of carbonyl (C=O) groups is 2. The number of aromatic nitrogens is 3. The Kier molecular flexibility index (Phi) is 8.54. The van der Waals surface area contributed by atoms with Crippen molar-refractivity contribution in [2.75, 3.05) is 11.1 Å². The molecule has 1 heterocycles. The zero-order valence-electron chi connectivity index (χ0n) is 20.5. The largest absolute Gasteiger partial charge is 0.345 e. The number of aryl methyl sites for hydroxylation is 2. The molecule has 38 heavy (non-hydrogen) atoms. The molecule has 12 heteroatoms. The summed E-state index contributed by atoms with van der Waals surface area (Å²) >= 11 is 4.64. The van der Waals surface area contributed by atoms with E-state index >= 15 is 0 Å². The Labute approximate surface area is 231 Å². The molecule has 3 aromatic carbocycles. The lowest BCUT2D eigenvalue weighted by atomic mass is 10.1. The number of nitro benzene ring substituents is 1. The number of carbonyl (C=O) groups excluding carboxylic acids is 2. The zero-order chi connectivity index (χ0) is 27.2. The molecule has 10 nitrogen and oxygen atoms in total. The Hall–Kier alpha value is -4.03. The maximum atomic E-state index is 12.8. The van der Waals surface area contributed by atoms with Crippen LogP contribution in [0.4, 0.5) is 11.4 Å². The Morgan fingerprint density at radius 2 is 1.82 bits per heavy atom. The number of nitrogens with zero attached hydrogens (tertiary/aromatic N) is 4. The van der Waals surface area contributed by atoms with Crippen molar-refractivity contribution in [3.05, 3.63) is 104 Å². The van der Waals surface area contributed by atoms with Crippen LogP contribution in [0.3, 0.4) is 0 Å². The summed E-state index contributed by atoms with van der Waals surface area (Å²) in [5.41, 5.74) is 3.00. The summed E-state index contributed by atoms with van der Waals surface area (Å²) in [5.74, 6) is -0.141.